The van der Waals surface area contributed by atoms with Crippen molar-refractivity contribution in [3.8, 4) is 0 Å². The lowest BCUT2D eigenvalue weighted by molar-refractivity contribution is 0.494. The second-order valence-corrected chi connectivity index (χ2v) is 8.23. The van der Waals surface area contributed by atoms with Crippen LogP contribution in [0, 0.1) is 5.82 Å². The van der Waals surface area contributed by atoms with E-state index < -0.39 is 9.84 Å². The summed E-state index contributed by atoms with van der Waals surface area (Å²) in [4.78, 5) is 4.18. The third-order valence-corrected chi connectivity index (χ3v) is 6.70. The van der Waals surface area contributed by atoms with Crippen molar-refractivity contribution < 1.29 is 12.8 Å². The molecule has 6 heteroatoms. The van der Waals surface area contributed by atoms with Crippen LogP contribution in [0.4, 0.5) is 4.39 Å². The second kappa shape index (κ2) is 7.40. The molecule has 1 aliphatic heterocycles. The highest BCUT2D eigenvalue weighted by atomic mass is 32.2. The molecular weight excluding hydrogens is 327 g/mol. The van der Waals surface area contributed by atoms with E-state index in [1.807, 2.05) is 6.07 Å². The van der Waals surface area contributed by atoms with Crippen molar-refractivity contribution in [2.24, 2.45) is 0 Å². The topological polar surface area (TPSA) is 59.1 Å². The Hall–Kier alpha value is -1.79. The van der Waals surface area contributed by atoms with Crippen molar-refractivity contribution in [1.82, 2.24) is 10.3 Å². The number of nitrogens with zero attached hydrogens (tertiary/aromatic N) is 1. The van der Waals surface area contributed by atoms with E-state index in [4.69, 9.17) is 0 Å². The van der Waals surface area contributed by atoms with E-state index in [0.717, 1.165) is 24.2 Å². The van der Waals surface area contributed by atoms with Crippen LogP contribution in [0.3, 0.4) is 0 Å². The first-order chi connectivity index (χ1) is 11.6. The number of aryl methyl sites for hydroxylation is 2. The molecule has 1 saturated heterocycles. The highest BCUT2D eigenvalue weighted by Crippen LogP contribution is 2.24. The Morgan fingerprint density at radius 3 is 2.50 bits per heavy atom. The van der Waals surface area contributed by atoms with Gasteiger partial charge in [-0.2, -0.15) is 0 Å². The fourth-order valence-corrected chi connectivity index (χ4v) is 4.98. The van der Waals surface area contributed by atoms with Crippen molar-refractivity contribution in [2.45, 2.75) is 36.0 Å². The Morgan fingerprint density at radius 1 is 1.08 bits per heavy atom. The Bertz CT molecular complexity index is 785. The molecule has 2 heterocycles. The fourth-order valence-electron chi connectivity index (χ4n) is 3.06. The van der Waals surface area contributed by atoms with Gasteiger partial charge in [-0.05, 0) is 68.1 Å². The van der Waals surface area contributed by atoms with Crippen LogP contribution in [0.1, 0.15) is 24.0 Å². The molecule has 24 heavy (non-hydrogen) atoms. The molecule has 0 bridgehead atoms. The van der Waals surface area contributed by atoms with Crippen LogP contribution in [0.2, 0.25) is 0 Å². The van der Waals surface area contributed by atoms with E-state index in [1.165, 1.54) is 18.3 Å². The molecule has 0 atom stereocenters. The minimum Gasteiger partial charge on any atom is -0.317 e. The van der Waals surface area contributed by atoms with Crippen LogP contribution in [-0.2, 0) is 22.7 Å². The van der Waals surface area contributed by atoms with Crippen LogP contribution in [0.25, 0.3) is 0 Å². The number of nitrogens with one attached hydrogen (secondary N) is 1. The number of halogens is 1. The molecule has 2 aromatic rings. The van der Waals surface area contributed by atoms with Gasteiger partial charge in [-0.25, -0.2) is 17.8 Å². The quantitative estimate of drug-likeness (QED) is 0.902. The maximum absolute atomic E-state index is 13.0. The maximum Gasteiger partial charge on any atom is 0.198 e. The van der Waals surface area contributed by atoms with Gasteiger partial charge in [-0.1, -0.05) is 18.2 Å². The third kappa shape index (κ3) is 3.82. The van der Waals surface area contributed by atoms with Crippen LogP contribution >= 0.6 is 0 Å². The Balaban J connectivity index is 1.80. The molecule has 1 aromatic heterocycles. The molecule has 1 aromatic carbocycles. The number of hydrogen-bond donors (Lipinski definition) is 1. The minimum atomic E-state index is -3.41. The first-order valence-corrected chi connectivity index (χ1v) is 9.75. The average Bonchev–Trinajstić information content (AvgIpc) is 2.62. The predicted molar refractivity (Wildman–Crippen MR) is 91.1 cm³/mol. The van der Waals surface area contributed by atoms with Gasteiger partial charge in [-0.3, -0.25) is 0 Å². The van der Waals surface area contributed by atoms with Crippen molar-refractivity contribution >= 4 is 9.84 Å². The molecule has 4 nitrogen and oxygen atoms in total. The molecule has 1 aliphatic rings. The summed E-state index contributed by atoms with van der Waals surface area (Å²) in [7, 11) is -3.41. The number of pyridine rings is 1. The number of benzene rings is 1. The van der Waals surface area contributed by atoms with Gasteiger partial charge in [0.2, 0.25) is 0 Å². The van der Waals surface area contributed by atoms with Crippen molar-refractivity contribution in [2.75, 3.05) is 13.1 Å². The lowest BCUT2D eigenvalue weighted by atomic mass is 10.1. The van der Waals surface area contributed by atoms with Gasteiger partial charge in [-0.15, -0.1) is 0 Å². The van der Waals surface area contributed by atoms with Crippen molar-refractivity contribution in [3.05, 3.63) is 59.5 Å². The lowest BCUT2D eigenvalue weighted by Crippen LogP contribution is -2.36. The number of rotatable bonds is 5. The smallest absolute Gasteiger partial charge is 0.198 e. The minimum absolute atomic E-state index is 0.207. The second-order valence-electron chi connectivity index (χ2n) is 6.09. The van der Waals surface area contributed by atoms with E-state index in [2.05, 4.69) is 10.3 Å². The van der Waals surface area contributed by atoms with Crippen molar-refractivity contribution in [3.63, 3.8) is 0 Å². The van der Waals surface area contributed by atoms with E-state index in [1.54, 1.807) is 18.2 Å². The van der Waals surface area contributed by atoms with Gasteiger partial charge in [0.1, 0.15) is 5.82 Å². The summed E-state index contributed by atoms with van der Waals surface area (Å²) in [5, 5.41) is 3.03. The normalized spacial score (nSPS) is 16.2. The van der Waals surface area contributed by atoms with E-state index in [0.29, 0.717) is 25.7 Å². The van der Waals surface area contributed by atoms with E-state index in [-0.39, 0.29) is 16.1 Å². The van der Waals surface area contributed by atoms with E-state index in [9.17, 15) is 12.8 Å². The summed E-state index contributed by atoms with van der Waals surface area (Å²) in [5.41, 5.74) is 1.71. The molecule has 0 radical (unpaired) electrons. The van der Waals surface area contributed by atoms with Crippen LogP contribution in [0.15, 0.2) is 47.6 Å². The standard InChI is InChI=1S/C18H21FN2O2S/c19-16-7-4-14(5-8-16)3-6-15-2-1-11-21-18(15)24(22,23)17-9-12-20-13-10-17/h1-2,4-5,7-8,11,17,20H,3,6,9-10,12-13H2. The third-order valence-electron chi connectivity index (χ3n) is 4.44. The van der Waals surface area contributed by atoms with Gasteiger partial charge in [0.25, 0.3) is 0 Å². The maximum atomic E-state index is 13.0. The number of hydrogen-bond acceptors (Lipinski definition) is 4. The van der Waals surface area contributed by atoms with Gasteiger partial charge in [0.05, 0.1) is 5.25 Å². The predicted octanol–water partition coefficient (Wildman–Crippen LogP) is 2.53. The molecule has 1 N–H and O–H groups in total. The van der Waals surface area contributed by atoms with Crippen LogP contribution in [0.5, 0.6) is 0 Å². The molecule has 0 unspecified atom stereocenters. The van der Waals surface area contributed by atoms with E-state index >= 15 is 0 Å². The zero-order valence-corrected chi connectivity index (χ0v) is 14.2. The Kier molecular flexibility index (Phi) is 5.26. The Labute approximate surface area is 142 Å². The lowest BCUT2D eigenvalue weighted by Gasteiger charge is -2.23. The number of aromatic nitrogens is 1. The zero-order chi connectivity index (χ0) is 17.0. The van der Waals surface area contributed by atoms with Crippen molar-refractivity contribution in [1.29, 1.82) is 0 Å². The molecule has 1 fully saturated rings. The zero-order valence-electron chi connectivity index (χ0n) is 13.4. The number of sulfone groups is 1. The molecular formula is C18H21FN2O2S. The van der Waals surface area contributed by atoms with Gasteiger partial charge in [0, 0.05) is 6.20 Å². The monoisotopic (exact) mass is 348 g/mol. The highest BCUT2D eigenvalue weighted by molar-refractivity contribution is 7.92. The number of piperidine rings is 1. The van der Waals surface area contributed by atoms with Gasteiger partial charge >= 0.3 is 0 Å². The largest absolute Gasteiger partial charge is 0.317 e. The summed E-state index contributed by atoms with van der Waals surface area (Å²) < 4.78 is 38.8. The summed E-state index contributed by atoms with van der Waals surface area (Å²) in [6.07, 6.45) is 4.00. The SMILES string of the molecule is O=S(=O)(c1ncccc1CCc1ccc(F)cc1)C1CCNCC1. The molecule has 0 saturated carbocycles. The highest BCUT2D eigenvalue weighted by Gasteiger charge is 2.31. The summed E-state index contributed by atoms with van der Waals surface area (Å²) in [5.74, 6) is -0.269. The fraction of sp³-hybridized carbons (Fsp3) is 0.389. The molecule has 3 rings (SSSR count). The molecule has 128 valence electrons. The summed E-state index contributed by atoms with van der Waals surface area (Å²) in [6.45, 7) is 1.45. The molecule has 0 spiro atoms. The summed E-state index contributed by atoms with van der Waals surface area (Å²) in [6, 6.07) is 9.89. The van der Waals surface area contributed by atoms with Crippen LogP contribution < -0.4 is 5.32 Å². The van der Waals surface area contributed by atoms with Gasteiger partial charge < -0.3 is 5.32 Å². The first kappa shape index (κ1) is 17.0. The average molecular weight is 348 g/mol. The van der Waals surface area contributed by atoms with Gasteiger partial charge in [0.15, 0.2) is 14.9 Å². The van der Waals surface area contributed by atoms with Crippen LogP contribution in [-0.4, -0.2) is 31.7 Å². The molecule has 0 amide bonds. The first-order valence-electron chi connectivity index (χ1n) is 8.20. The Morgan fingerprint density at radius 2 is 1.79 bits per heavy atom. The molecule has 0 aliphatic carbocycles. The summed E-state index contributed by atoms with van der Waals surface area (Å²) >= 11 is 0.